The van der Waals surface area contributed by atoms with Gasteiger partial charge in [-0.25, -0.2) is 4.79 Å². The fourth-order valence-electron chi connectivity index (χ4n) is 2.61. The van der Waals surface area contributed by atoms with Crippen molar-refractivity contribution in [3.8, 4) is 0 Å². The summed E-state index contributed by atoms with van der Waals surface area (Å²) < 4.78 is 5.65. The second-order valence-electron chi connectivity index (χ2n) is 5.75. The Morgan fingerprint density at radius 3 is 2.11 bits per heavy atom. The van der Waals surface area contributed by atoms with E-state index >= 15 is 0 Å². The van der Waals surface area contributed by atoms with Gasteiger partial charge in [-0.3, -0.25) is 20.2 Å². The van der Waals surface area contributed by atoms with Gasteiger partial charge in [-0.15, -0.1) is 5.06 Å². The van der Waals surface area contributed by atoms with Gasteiger partial charge in [-0.05, 0) is 36.2 Å². The zero-order chi connectivity index (χ0) is 19.4. The highest BCUT2D eigenvalue weighted by molar-refractivity contribution is 5.89. The summed E-state index contributed by atoms with van der Waals surface area (Å²) in [6, 6.07) is 10.8. The van der Waals surface area contributed by atoms with Gasteiger partial charge in [0.2, 0.25) is 0 Å². The molecular weight excluding hydrogens is 358 g/mol. The van der Waals surface area contributed by atoms with Crippen LogP contribution >= 0.6 is 0 Å². The van der Waals surface area contributed by atoms with E-state index in [0.717, 1.165) is 0 Å². The number of nitrogens with zero attached hydrogens (tertiary/aromatic N) is 3. The van der Waals surface area contributed by atoms with Crippen molar-refractivity contribution in [2.24, 2.45) is 0 Å². The molecule has 2 aromatic rings. The summed E-state index contributed by atoms with van der Waals surface area (Å²) in [4.78, 5) is 38.1. The van der Waals surface area contributed by atoms with Gasteiger partial charge in [0.05, 0.1) is 22.0 Å². The van der Waals surface area contributed by atoms with Crippen LogP contribution in [-0.2, 0) is 9.57 Å². The zero-order valence-electron chi connectivity index (χ0n) is 14.0. The molecule has 10 heteroatoms. The van der Waals surface area contributed by atoms with Gasteiger partial charge in [0, 0.05) is 30.8 Å². The Labute approximate surface area is 153 Å². The van der Waals surface area contributed by atoms with Gasteiger partial charge in [0.25, 0.3) is 11.4 Å². The van der Waals surface area contributed by atoms with Gasteiger partial charge in [-0.1, -0.05) is 0 Å². The fourth-order valence-corrected chi connectivity index (χ4v) is 2.61. The van der Waals surface area contributed by atoms with E-state index in [0.29, 0.717) is 25.1 Å². The van der Waals surface area contributed by atoms with E-state index in [4.69, 9.17) is 9.57 Å². The Morgan fingerprint density at radius 1 is 1.00 bits per heavy atom. The van der Waals surface area contributed by atoms with Crippen LogP contribution in [0.25, 0.3) is 0 Å². The summed E-state index contributed by atoms with van der Waals surface area (Å²) in [6.07, 6.45) is -0.0571. The smallest absolute Gasteiger partial charge is 0.357 e. The molecule has 1 fully saturated rings. The minimum Gasteiger partial charge on any atom is -0.361 e. The number of non-ortho nitro benzene ring substituents is 2. The quantitative estimate of drug-likeness (QED) is 0.578. The zero-order valence-corrected chi connectivity index (χ0v) is 14.0. The molecule has 1 heterocycles. The molecular formula is C17H15N3O7. The Bertz CT molecular complexity index is 852. The predicted octanol–water partition coefficient (Wildman–Crippen LogP) is 3.00. The lowest BCUT2D eigenvalue weighted by Gasteiger charge is -2.33. The second kappa shape index (κ2) is 7.89. The van der Waals surface area contributed by atoms with E-state index in [1.165, 1.54) is 41.5 Å². The molecule has 1 aliphatic heterocycles. The van der Waals surface area contributed by atoms with Gasteiger partial charge >= 0.3 is 5.97 Å². The lowest BCUT2D eigenvalue weighted by Crippen LogP contribution is -2.38. The molecule has 1 aliphatic rings. The standard InChI is InChI=1S/C17H15N3O7/c21-17(13-4-8-15(9-5-13)20(24)25)27-18-10-1-11-26-16(18)12-2-6-14(7-3-12)19(22)23/h2-9,16H,1,10-11H2. The largest absolute Gasteiger partial charge is 0.361 e. The topological polar surface area (TPSA) is 125 Å². The first-order valence-corrected chi connectivity index (χ1v) is 8.05. The van der Waals surface area contributed by atoms with E-state index in [2.05, 4.69) is 0 Å². The van der Waals surface area contributed by atoms with E-state index < -0.39 is 22.0 Å². The molecule has 0 spiro atoms. The molecule has 1 unspecified atom stereocenters. The van der Waals surface area contributed by atoms with Crippen LogP contribution in [0.1, 0.15) is 28.6 Å². The van der Waals surface area contributed by atoms with Crippen LogP contribution in [0.2, 0.25) is 0 Å². The van der Waals surface area contributed by atoms with Crippen molar-refractivity contribution in [1.29, 1.82) is 0 Å². The van der Waals surface area contributed by atoms with Crippen molar-refractivity contribution in [3.05, 3.63) is 79.9 Å². The minimum atomic E-state index is -0.693. The number of rotatable bonds is 5. The Hall–Kier alpha value is -3.37. The van der Waals surface area contributed by atoms with Crippen LogP contribution in [0, 0.1) is 20.2 Å². The molecule has 10 nitrogen and oxygen atoms in total. The van der Waals surface area contributed by atoms with E-state index in [1.54, 1.807) is 12.1 Å². The first-order chi connectivity index (χ1) is 13.0. The Balaban J connectivity index is 1.74. The third-order valence-corrected chi connectivity index (χ3v) is 3.96. The normalized spacial score (nSPS) is 17.3. The summed E-state index contributed by atoms with van der Waals surface area (Å²) in [6.45, 7) is 0.869. The molecule has 1 saturated heterocycles. The van der Waals surface area contributed by atoms with Crippen molar-refractivity contribution in [2.75, 3.05) is 13.2 Å². The molecule has 0 saturated carbocycles. The summed E-state index contributed by atoms with van der Waals surface area (Å²) in [5.41, 5.74) is 0.589. The molecule has 3 rings (SSSR count). The van der Waals surface area contributed by atoms with E-state index in [-0.39, 0.29) is 16.9 Å². The van der Waals surface area contributed by atoms with Crippen molar-refractivity contribution in [1.82, 2.24) is 5.06 Å². The first kappa shape index (κ1) is 18.4. The maximum Gasteiger partial charge on any atom is 0.357 e. The highest BCUT2D eigenvalue weighted by Crippen LogP contribution is 2.28. The third-order valence-electron chi connectivity index (χ3n) is 3.96. The first-order valence-electron chi connectivity index (χ1n) is 8.05. The average molecular weight is 373 g/mol. The van der Waals surface area contributed by atoms with Gasteiger partial charge in [0.1, 0.15) is 0 Å². The third kappa shape index (κ3) is 4.25. The number of hydrogen-bond acceptors (Lipinski definition) is 8. The van der Waals surface area contributed by atoms with Crippen molar-refractivity contribution in [3.63, 3.8) is 0 Å². The highest BCUT2D eigenvalue weighted by Gasteiger charge is 2.29. The SMILES string of the molecule is O=C(ON1CCCOC1c1ccc([N+](=O)[O-])cc1)c1ccc([N+](=O)[O-])cc1. The van der Waals surface area contributed by atoms with E-state index in [9.17, 15) is 25.0 Å². The lowest BCUT2D eigenvalue weighted by atomic mass is 10.1. The van der Waals surface area contributed by atoms with Crippen molar-refractivity contribution < 1.29 is 24.2 Å². The molecule has 0 radical (unpaired) electrons. The molecule has 140 valence electrons. The number of hydrogen-bond donors (Lipinski definition) is 0. The van der Waals surface area contributed by atoms with Crippen LogP contribution in [0.4, 0.5) is 11.4 Å². The number of benzene rings is 2. The number of nitro groups is 2. The molecule has 0 N–H and O–H groups in total. The number of hydroxylamine groups is 2. The summed E-state index contributed by atoms with van der Waals surface area (Å²) >= 11 is 0. The number of carbonyl (C=O) groups excluding carboxylic acids is 1. The van der Waals surface area contributed by atoms with Gasteiger partial charge < -0.3 is 9.57 Å². The fraction of sp³-hybridized carbons (Fsp3) is 0.235. The minimum absolute atomic E-state index is 0.0519. The molecule has 1 atom stereocenters. The predicted molar refractivity (Wildman–Crippen MR) is 91.6 cm³/mol. The molecule has 0 aromatic heterocycles. The maximum atomic E-state index is 12.3. The Morgan fingerprint density at radius 2 is 1.56 bits per heavy atom. The van der Waals surface area contributed by atoms with Gasteiger partial charge in [0.15, 0.2) is 6.23 Å². The Kier molecular flexibility index (Phi) is 5.38. The van der Waals surface area contributed by atoms with Crippen molar-refractivity contribution >= 4 is 17.3 Å². The van der Waals surface area contributed by atoms with Crippen LogP contribution in [-0.4, -0.2) is 34.0 Å². The maximum absolute atomic E-state index is 12.3. The lowest BCUT2D eigenvalue weighted by molar-refractivity contribution is -0.385. The molecule has 27 heavy (non-hydrogen) atoms. The van der Waals surface area contributed by atoms with Crippen molar-refractivity contribution in [2.45, 2.75) is 12.6 Å². The summed E-state index contributed by atoms with van der Waals surface area (Å²) in [7, 11) is 0. The molecule has 2 aromatic carbocycles. The molecule has 0 bridgehead atoms. The van der Waals surface area contributed by atoms with Crippen LogP contribution in [0.5, 0.6) is 0 Å². The van der Waals surface area contributed by atoms with E-state index in [1.807, 2.05) is 0 Å². The highest BCUT2D eigenvalue weighted by atomic mass is 16.7. The monoisotopic (exact) mass is 373 g/mol. The molecule has 0 amide bonds. The average Bonchev–Trinajstić information content (AvgIpc) is 2.68. The second-order valence-corrected chi connectivity index (χ2v) is 5.75. The molecule has 0 aliphatic carbocycles. The summed E-state index contributed by atoms with van der Waals surface area (Å²) in [5, 5.41) is 22.8. The number of ether oxygens (including phenoxy) is 1. The van der Waals surface area contributed by atoms with Crippen LogP contribution in [0.15, 0.2) is 48.5 Å². The number of carbonyl (C=O) groups is 1. The number of nitro benzene ring substituents is 2. The van der Waals surface area contributed by atoms with Crippen LogP contribution in [0.3, 0.4) is 0 Å². The van der Waals surface area contributed by atoms with Crippen LogP contribution < -0.4 is 0 Å². The van der Waals surface area contributed by atoms with Gasteiger partial charge in [-0.2, -0.15) is 0 Å². The summed E-state index contributed by atoms with van der Waals surface area (Å²) in [5.74, 6) is -0.678.